The summed E-state index contributed by atoms with van der Waals surface area (Å²) in [6.45, 7) is 0.152. The first kappa shape index (κ1) is 15.4. The van der Waals surface area contributed by atoms with Gasteiger partial charge in [-0.05, 0) is 12.8 Å². The highest BCUT2D eigenvalue weighted by Crippen LogP contribution is 2.25. The minimum absolute atomic E-state index is 0.152. The summed E-state index contributed by atoms with van der Waals surface area (Å²) in [6, 6.07) is -0.687. The fraction of sp³-hybridized carbons (Fsp3) is 0.545. The summed E-state index contributed by atoms with van der Waals surface area (Å²) in [5, 5.41) is 8.87. The lowest BCUT2D eigenvalue weighted by atomic mass is 10.0. The molecule has 0 aliphatic carbocycles. The molecule has 0 bridgehead atoms. The number of aromatic amines is 2. The first-order valence-electron chi connectivity index (χ1n) is 6.38. The fourth-order valence-electron chi connectivity index (χ4n) is 2.41. The van der Waals surface area contributed by atoms with Gasteiger partial charge in [0.1, 0.15) is 0 Å². The Morgan fingerprint density at radius 3 is 2.71 bits per heavy atom. The topological polar surface area (TPSA) is 140 Å². The van der Waals surface area contributed by atoms with E-state index < -0.39 is 38.2 Å². The van der Waals surface area contributed by atoms with E-state index in [-0.39, 0.29) is 13.0 Å². The van der Waals surface area contributed by atoms with Crippen molar-refractivity contribution in [1.82, 2.24) is 14.3 Å². The second-order valence-corrected chi connectivity index (χ2v) is 6.66. The number of nitrogens with zero attached hydrogens (tertiary/aromatic N) is 1. The molecule has 1 fully saturated rings. The Hall–Kier alpha value is -1.94. The van der Waals surface area contributed by atoms with Crippen LogP contribution in [-0.2, 0) is 14.8 Å². The maximum absolute atomic E-state index is 12.5. The smallest absolute Gasteiger partial charge is 0.325 e. The van der Waals surface area contributed by atoms with Gasteiger partial charge in [-0.1, -0.05) is 6.42 Å². The zero-order valence-electron chi connectivity index (χ0n) is 11.0. The van der Waals surface area contributed by atoms with Crippen molar-refractivity contribution in [3.63, 3.8) is 0 Å². The average molecular weight is 317 g/mol. The second-order valence-electron chi connectivity index (χ2n) is 4.80. The quantitative estimate of drug-likeness (QED) is 0.656. The summed E-state index contributed by atoms with van der Waals surface area (Å²) >= 11 is 0. The maximum Gasteiger partial charge on any atom is 0.325 e. The molecule has 21 heavy (non-hydrogen) atoms. The number of hydrogen-bond donors (Lipinski definition) is 3. The molecule has 116 valence electrons. The second kappa shape index (κ2) is 5.82. The molecule has 1 aliphatic rings. The normalized spacial score (nSPS) is 20.3. The molecule has 3 N–H and O–H groups in total. The van der Waals surface area contributed by atoms with Gasteiger partial charge in [-0.25, -0.2) is 13.2 Å². The number of hydrogen-bond acceptors (Lipinski definition) is 5. The molecule has 0 spiro atoms. The van der Waals surface area contributed by atoms with E-state index in [0.29, 0.717) is 12.8 Å². The Bertz CT molecular complexity index is 750. The van der Waals surface area contributed by atoms with Gasteiger partial charge in [0, 0.05) is 18.8 Å². The Labute approximate surface area is 119 Å². The van der Waals surface area contributed by atoms with Crippen molar-refractivity contribution in [3.05, 3.63) is 27.0 Å². The van der Waals surface area contributed by atoms with Crippen LogP contribution in [0.3, 0.4) is 0 Å². The number of aromatic nitrogens is 2. The van der Waals surface area contributed by atoms with Crippen molar-refractivity contribution < 1.29 is 18.3 Å². The third kappa shape index (κ3) is 3.22. The van der Waals surface area contributed by atoms with Gasteiger partial charge in [0.05, 0.1) is 6.42 Å². The molecule has 10 heteroatoms. The Morgan fingerprint density at radius 2 is 2.10 bits per heavy atom. The predicted octanol–water partition coefficient (Wildman–Crippen LogP) is -0.919. The number of H-pyrrole nitrogens is 2. The largest absolute Gasteiger partial charge is 0.481 e. The number of piperidine rings is 1. The van der Waals surface area contributed by atoms with E-state index in [1.54, 1.807) is 0 Å². The van der Waals surface area contributed by atoms with Crippen LogP contribution in [0.2, 0.25) is 0 Å². The third-order valence-electron chi connectivity index (χ3n) is 3.36. The van der Waals surface area contributed by atoms with E-state index in [1.807, 2.05) is 4.98 Å². The number of carbonyl (C=O) groups is 1. The molecule has 1 aromatic rings. The number of nitrogens with one attached hydrogen (secondary N) is 2. The van der Waals surface area contributed by atoms with Crippen LogP contribution in [-0.4, -0.2) is 46.4 Å². The van der Waals surface area contributed by atoms with E-state index in [0.717, 1.165) is 16.9 Å². The van der Waals surface area contributed by atoms with Crippen molar-refractivity contribution in [2.45, 2.75) is 36.6 Å². The Morgan fingerprint density at radius 1 is 1.38 bits per heavy atom. The molecular formula is C11H15N3O6S. The molecule has 1 unspecified atom stereocenters. The van der Waals surface area contributed by atoms with Crippen molar-refractivity contribution in [2.75, 3.05) is 6.54 Å². The highest BCUT2D eigenvalue weighted by atomic mass is 32.2. The van der Waals surface area contributed by atoms with Crippen molar-refractivity contribution >= 4 is 16.0 Å². The van der Waals surface area contributed by atoms with Crippen LogP contribution in [0.25, 0.3) is 0 Å². The SMILES string of the molecule is O=C(O)CC1CCCCN1S(=O)(=O)c1c[nH]c(=O)[nH]c1=O. The van der Waals surface area contributed by atoms with Gasteiger partial charge >= 0.3 is 11.7 Å². The monoisotopic (exact) mass is 317 g/mol. The van der Waals surface area contributed by atoms with Gasteiger partial charge in [0.25, 0.3) is 5.56 Å². The van der Waals surface area contributed by atoms with Crippen LogP contribution in [0, 0.1) is 0 Å². The van der Waals surface area contributed by atoms with E-state index in [4.69, 9.17) is 5.11 Å². The van der Waals surface area contributed by atoms with Crippen LogP contribution in [0.15, 0.2) is 20.7 Å². The van der Waals surface area contributed by atoms with E-state index in [2.05, 4.69) is 4.98 Å². The summed E-state index contributed by atoms with van der Waals surface area (Å²) in [5.41, 5.74) is -1.82. The zero-order chi connectivity index (χ0) is 15.6. The number of carboxylic acid groups (broad SMARTS) is 1. The van der Waals surface area contributed by atoms with E-state index in [9.17, 15) is 22.8 Å². The van der Waals surface area contributed by atoms with Gasteiger partial charge in [-0.2, -0.15) is 4.31 Å². The predicted molar refractivity (Wildman–Crippen MR) is 71.5 cm³/mol. The molecule has 2 heterocycles. The molecule has 0 aromatic carbocycles. The lowest BCUT2D eigenvalue weighted by Crippen LogP contribution is -2.46. The highest BCUT2D eigenvalue weighted by molar-refractivity contribution is 7.89. The van der Waals surface area contributed by atoms with Crippen LogP contribution >= 0.6 is 0 Å². The summed E-state index contributed by atoms with van der Waals surface area (Å²) in [5.74, 6) is -1.10. The number of aliphatic carboxylic acids is 1. The van der Waals surface area contributed by atoms with Gasteiger partial charge in [-0.15, -0.1) is 0 Å². The minimum Gasteiger partial charge on any atom is -0.481 e. The highest BCUT2D eigenvalue weighted by Gasteiger charge is 2.36. The van der Waals surface area contributed by atoms with Crippen molar-refractivity contribution in [2.24, 2.45) is 0 Å². The van der Waals surface area contributed by atoms with Crippen molar-refractivity contribution in [1.29, 1.82) is 0 Å². The Balaban J connectivity index is 2.42. The molecule has 0 saturated carbocycles. The molecule has 1 aromatic heterocycles. The first-order valence-corrected chi connectivity index (χ1v) is 7.82. The molecule has 1 atom stereocenters. The summed E-state index contributed by atoms with van der Waals surface area (Å²) < 4.78 is 26.0. The zero-order valence-corrected chi connectivity index (χ0v) is 11.9. The molecule has 1 saturated heterocycles. The van der Waals surface area contributed by atoms with Crippen LogP contribution in [0.5, 0.6) is 0 Å². The van der Waals surface area contributed by atoms with Crippen molar-refractivity contribution in [3.8, 4) is 0 Å². The lowest BCUT2D eigenvalue weighted by molar-refractivity contribution is -0.138. The van der Waals surface area contributed by atoms with Gasteiger partial charge in [0.2, 0.25) is 10.0 Å². The molecular weight excluding hydrogens is 302 g/mol. The lowest BCUT2D eigenvalue weighted by Gasteiger charge is -2.33. The number of sulfonamides is 1. The van der Waals surface area contributed by atoms with E-state index >= 15 is 0 Å². The summed E-state index contributed by atoms with van der Waals surface area (Å²) in [7, 11) is -4.15. The van der Waals surface area contributed by atoms with Gasteiger partial charge in [0.15, 0.2) is 4.90 Å². The standard InChI is InChI=1S/C11H15N3O6S/c15-9(16)5-7-3-1-2-4-14(7)21(19,20)8-6-12-11(18)13-10(8)17/h6-7H,1-5H2,(H,15,16)(H2,12,13,17,18). The number of carboxylic acids is 1. The van der Waals surface area contributed by atoms with Gasteiger partial charge < -0.3 is 10.1 Å². The average Bonchev–Trinajstić information content (AvgIpc) is 2.37. The minimum atomic E-state index is -4.15. The van der Waals surface area contributed by atoms with Crippen LogP contribution in [0.1, 0.15) is 25.7 Å². The Kier molecular flexibility index (Phi) is 4.28. The summed E-state index contributed by atoms with van der Waals surface area (Å²) in [6.07, 6.45) is 2.26. The molecule has 0 radical (unpaired) electrons. The van der Waals surface area contributed by atoms with E-state index in [1.165, 1.54) is 0 Å². The maximum atomic E-state index is 12.5. The number of rotatable bonds is 4. The first-order chi connectivity index (χ1) is 9.82. The molecule has 0 amide bonds. The summed E-state index contributed by atoms with van der Waals surface area (Å²) in [4.78, 5) is 36.8. The molecule has 2 rings (SSSR count). The van der Waals surface area contributed by atoms with Crippen LogP contribution < -0.4 is 11.2 Å². The molecule has 9 nitrogen and oxygen atoms in total. The third-order valence-corrected chi connectivity index (χ3v) is 5.31. The molecule has 1 aliphatic heterocycles. The van der Waals surface area contributed by atoms with Gasteiger partial charge in [-0.3, -0.25) is 14.6 Å². The fourth-order valence-corrected chi connectivity index (χ4v) is 4.10. The van der Waals surface area contributed by atoms with Crippen LogP contribution in [0.4, 0.5) is 0 Å².